The van der Waals surface area contributed by atoms with E-state index in [1.54, 1.807) is 4.31 Å². The van der Waals surface area contributed by atoms with Crippen molar-refractivity contribution < 1.29 is 13.2 Å². The van der Waals surface area contributed by atoms with E-state index >= 15 is 0 Å². The summed E-state index contributed by atoms with van der Waals surface area (Å²) in [5, 5.41) is 0. The Bertz CT molecular complexity index is 415. The van der Waals surface area contributed by atoms with Crippen LogP contribution >= 0.6 is 0 Å². The van der Waals surface area contributed by atoms with Gasteiger partial charge in [-0.15, -0.1) is 0 Å². The van der Waals surface area contributed by atoms with E-state index < -0.39 is 10.0 Å². The molecule has 6 nitrogen and oxygen atoms in total. The fraction of sp³-hybridized carbons (Fsp3) is 1.00. The number of hydrogen-bond acceptors (Lipinski definition) is 5. The molecule has 7 heteroatoms. The lowest BCUT2D eigenvalue weighted by Gasteiger charge is -2.37. The molecule has 0 aromatic rings. The molecule has 0 radical (unpaired) electrons. The summed E-state index contributed by atoms with van der Waals surface area (Å²) in [7, 11) is -0.998. The number of likely N-dealkylation sites (N-methyl/N-ethyl adjacent to an activating group) is 1. The number of nitrogens with zero attached hydrogens (tertiary/aromatic N) is 2. The highest BCUT2D eigenvalue weighted by Gasteiger charge is 2.30. The first-order valence-corrected chi connectivity index (χ1v) is 9.22. The molecule has 0 saturated carbocycles. The molecule has 0 aromatic heterocycles. The maximum Gasteiger partial charge on any atom is 0.211 e. The number of hydrogen-bond donors (Lipinski definition) is 1. The zero-order chi connectivity index (χ0) is 14.8. The normalized spacial score (nSPS) is 32.1. The van der Waals surface area contributed by atoms with Crippen molar-refractivity contribution in [2.45, 2.75) is 31.4 Å². The molecule has 2 rings (SSSR count). The monoisotopic (exact) mass is 305 g/mol. The topological polar surface area (TPSA) is 75.9 Å². The van der Waals surface area contributed by atoms with Gasteiger partial charge in [0.25, 0.3) is 0 Å². The third-order valence-electron chi connectivity index (χ3n) is 4.33. The third-order valence-corrected chi connectivity index (χ3v) is 5.60. The molecule has 3 unspecified atom stereocenters. The van der Waals surface area contributed by atoms with Crippen molar-refractivity contribution in [2.75, 3.05) is 46.1 Å². The summed E-state index contributed by atoms with van der Waals surface area (Å²) in [6.07, 6.45) is 4.18. The van der Waals surface area contributed by atoms with Crippen LogP contribution in [0.25, 0.3) is 0 Å². The molecular formula is C13H27N3O3S. The Balaban J connectivity index is 1.86. The molecule has 0 spiro atoms. The molecule has 2 N–H and O–H groups in total. The minimum Gasteiger partial charge on any atom is -0.374 e. The SMILES string of the molecule is CN1CCOC(C(N)CC2CCCN(S(C)(=O)=O)C2)C1. The van der Waals surface area contributed by atoms with Crippen molar-refractivity contribution in [1.82, 2.24) is 9.21 Å². The molecule has 3 atom stereocenters. The molecule has 2 aliphatic rings. The van der Waals surface area contributed by atoms with Gasteiger partial charge in [0.2, 0.25) is 10.0 Å². The van der Waals surface area contributed by atoms with E-state index in [1.807, 2.05) is 0 Å². The van der Waals surface area contributed by atoms with E-state index in [0.29, 0.717) is 19.0 Å². The highest BCUT2D eigenvalue weighted by molar-refractivity contribution is 7.88. The van der Waals surface area contributed by atoms with Crippen molar-refractivity contribution in [3.63, 3.8) is 0 Å². The molecule has 2 fully saturated rings. The lowest BCUT2D eigenvalue weighted by Crippen LogP contribution is -2.51. The van der Waals surface area contributed by atoms with Crippen molar-refractivity contribution >= 4 is 10.0 Å². The first-order valence-electron chi connectivity index (χ1n) is 7.37. The van der Waals surface area contributed by atoms with Crippen LogP contribution in [0.1, 0.15) is 19.3 Å². The number of piperidine rings is 1. The summed E-state index contributed by atoms with van der Waals surface area (Å²) < 4.78 is 30.6. The van der Waals surface area contributed by atoms with E-state index in [4.69, 9.17) is 10.5 Å². The van der Waals surface area contributed by atoms with Crippen LogP contribution in [-0.4, -0.2) is 75.9 Å². The number of nitrogens with two attached hydrogens (primary N) is 1. The molecule has 2 heterocycles. The Hall–Kier alpha value is -0.210. The zero-order valence-corrected chi connectivity index (χ0v) is 13.3. The minimum absolute atomic E-state index is 0.0118. The van der Waals surface area contributed by atoms with Gasteiger partial charge >= 0.3 is 0 Å². The van der Waals surface area contributed by atoms with Crippen LogP contribution in [0.5, 0.6) is 0 Å². The standard InChI is InChI=1S/C13H27N3O3S/c1-15-6-7-19-13(10-15)12(14)8-11-4-3-5-16(9-11)20(2,17)18/h11-13H,3-10,14H2,1-2H3. The average Bonchev–Trinajstić information content (AvgIpc) is 2.38. The highest BCUT2D eigenvalue weighted by Crippen LogP contribution is 2.24. The Labute approximate surface area is 122 Å². The van der Waals surface area contributed by atoms with E-state index in [1.165, 1.54) is 6.26 Å². The second kappa shape index (κ2) is 6.70. The molecule has 0 aromatic carbocycles. The van der Waals surface area contributed by atoms with E-state index in [2.05, 4.69) is 11.9 Å². The van der Waals surface area contributed by atoms with E-state index in [9.17, 15) is 8.42 Å². The molecule has 0 aliphatic carbocycles. The van der Waals surface area contributed by atoms with Crippen LogP contribution in [0, 0.1) is 5.92 Å². The van der Waals surface area contributed by atoms with Gasteiger partial charge in [0.15, 0.2) is 0 Å². The van der Waals surface area contributed by atoms with Gasteiger partial charge in [0.1, 0.15) is 0 Å². The van der Waals surface area contributed by atoms with Gasteiger partial charge in [-0.05, 0) is 32.2 Å². The maximum absolute atomic E-state index is 11.6. The Morgan fingerprint density at radius 1 is 1.35 bits per heavy atom. The smallest absolute Gasteiger partial charge is 0.211 e. The molecule has 118 valence electrons. The van der Waals surface area contributed by atoms with Gasteiger partial charge in [0, 0.05) is 32.2 Å². The molecule has 2 aliphatic heterocycles. The second-order valence-corrected chi connectivity index (χ2v) is 8.18. The van der Waals surface area contributed by atoms with Crippen molar-refractivity contribution in [1.29, 1.82) is 0 Å². The van der Waals surface area contributed by atoms with E-state index in [0.717, 1.165) is 39.0 Å². The fourth-order valence-corrected chi connectivity index (χ4v) is 4.07. The van der Waals surface area contributed by atoms with Gasteiger partial charge < -0.3 is 15.4 Å². The Morgan fingerprint density at radius 3 is 2.75 bits per heavy atom. The second-order valence-electron chi connectivity index (χ2n) is 6.20. The number of ether oxygens (including phenoxy) is 1. The summed E-state index contributed by atoms with van der Waals surface area (Å²) in [5.41, 5.74) is 6.28. The fourth-order valence-electron chi connectivity index (χ4n) is 3.13. The largest absolute Gasteiger partial charge is 0.374 e. The Morgan fingerprint density at radius 2 is 2.10 bits per heavy atom. The minimum atomic E-state index is -3.08. The van der Waals surface area contributed by atoms with Crippen molar-refractivity contribution in [3.8, 4) is 0 Å². The summed E-state index contributed by atoms with van der Waals surface area (Å²) in [6, 6.07) is -0.0118. The summed E-state index contributed by atoms with van der Waals surface area (Å²) in [6.45, 7) is 3.80. The Kier molecular flexibility index (Phi) is 5.42. The molecule has 0 amide bonds. The molecule has 0 bridgehead atoms. The molecular weight excluding hydrogens is 278 g/mol. The predicted octanol–water partition coefficient (Wildman–Crippen LogP) is -0.294. The summed E-state index contributed by atoms with van der Waals surface area (Å²) in [5.74, 6) is 0.351. The first-order chi connectivity index (χ1) is 9.36. The lowest BCUT2D eigenvalue weighted by atomic mass is 9.90. The van der Waals surface area contributed by atoms with Crippen LogP contribution in [0.4, 0.5) is 0 Å². The predicted molar refractivity (Wildman–Crippen MR) is 79.0 cm³/mol. The van der Waals surface area contributed by atoms with E-state index in [-0.39, 0.29) is 12.1 Å². The van der Waals surface area contributed by atoms with Crippen LogP contribution in [0.2, 0.25) is 0 Å². The summed E-state index contributed by atoms with van der Waals surface area (Å²) >= 11 is 0. The van der Waals surface area contributed by atoms with Gasteiger partial charge in [-0.1, -0.05) is 0 Å². The number of sulfonamides is 1. The van der Waals surface area contributed by atoms with Crippen LogP contribution in [-0.2, 0) is 14.8 Å². The van der Waals surface area contributed by atoms with Crippen LogP contribution in [0.3, 0.4) is 0 Å². The number of morpholine rings is 1. The van der Waals surface area contributed by atoms with Gasteiger partial charge in [-0.3, -0.25) is 0 Å². The molecule has 2 saturated heterocycles. The summed E-state index contributed by atoms with van der Waals surface area (Å²) in [4.78, 5) is 2.23. The van der Waals surface area contributed by atoms with Crippen molar-refractivity contribution in [2.24, 2.45) is 11.7 Å². The lowest BCUT2D eigenvalue weighted by molar-refractivity contribution is -0.0364. The molecule has 20 heavy (non-hydrogen) atoms. The quantitative estimate of drug-likeness (QED) is 0.772. The maximum atomic E-state index is 11.6. The van der Waals surface area contributed by atoms with Gasteiger partial charge in [-0.25, -0.2) is 12.7 Å². The van der Waals surface area contributed by atoms with Crippen molar-refractivity contribution in [3.05, 3.63) is 0 Å². The highest BCUT2D eigenvalue weighted by atomic mass is 32.2. The third kappa shape index (κ3) is 4.39. The van der Waals surface area contributed by atoms with Crippen LogP contribution in [0.15, 0.2) is 0 Å². The average molecular weight is 305 g/mol. The van der Waals surface area contributed by atoms with Crippen LogP contribution < -0.4 is 5.73 Å². The first kappa shape index (κ1) is 16.2. The zero-order valence-electron chi connectivity index (χ0n) is 12.5. The van der Waals surface area contributed by atoms with Gasteiger partial charge in [-0.2, -0.15) is 0 Å². The van der Waals surface area contributed by atoms with Gasteiger partial charge in [0.05, 0.1) is 19.0 Å². The number of rotatable bonds is 4.